The highest BCUT2D eigenvalue weighted by Gasteiger charge is 2.22. The van der Waals surface area contributed by atoms with E-state index in [0.29, 0.717) is 24.8 Å². The normalized spacial score (nSPS) is 15.3. The number of benzene rings is 2. The molecular formula is C22H28N2O2. The van der Waals surface area contributed by atoms with Gasteiger partial charge in [-0.15, -0.1) is 0 Å². The van der Waals surface area contributed by atoms with E-state index < -0.39 is 0 Å². The molecule has 0 aromatic heterocycles. The summed E-state index contributed by atoms with van der Waals surface area (Å²) < 4.78 is 5.15. The van der Waals surface area contributed by atoms with Crippen LogP contribution in [0.1, 0.15) is 40.4 Å². The molecule has 1 unspecified atom stereocenters. The highest BCUT2D eigenvalue weighted by atomic mass is 16.5. The number of rotatable bonds is 7. The Morgan fingerprint density at radius 3 is 2.77 bits per heavy atom. The summed E-state index contributed by atoms with van der Waals surface area (Å²) in [5.41, 5.74) is 4.58. The zero-order chi connectivity index (χ0) is 18.4. The Labute approximate surface area is 156 Å². The molecule has 0 radical (unpaired) electrons. The van der Waals surface area contributed by atoms with Crippen LogP contribution in [0.25, 0.3) is 0 Å². The highest BCUT2D eigenvalue weighted by molar-refractivity contribution is 5.94. The van der Waals surface area contributed by atoms with Gasteiger partial charge >= 0.3 is 0 Å². The van der Waals surface area contributed by atoms with E-state index in [0.717, 1.165) is 31.5 Å². The molecule has 4 heteroatoms. The minimum absolute atomic E-state index is 0.0150. The Kier molecular flexibility index (Phi) is 6.42. The molecule has 1 heterocycles. The van der Waals surface area contributed by atoms with Crippen LogP contribution in [-0.4, -0.2) is 37.0 Å². The lowest BCUT2D eigenvalue weighted by molar-refractivity contribution is 0.0926. The van der Waals surface area contributed by atoms with Gasteiger partial charge in [0.05, 0.1) is 6.61 Å². The molecular weight excluding hydrogens is 324 g/mol. The van der Waals surface area contributed by atoms with Crippen molar-refractivity contribution in [3.63, 3.8) is 0 Å². The van der Waals surface area contributed by atoms with Crippen molar-refractivity contribution in [3.05, 3.63) is 70.8 Å². The van der Waals surface area contributed by atoms with Crippen molar-refractivity contribution in [1.29, 1.82) is 0 Å². The second-order valence-corrected chi connectivity index (χ2v) is 6.89. The summed E-state index contributed by atoms with van der Waals surface area (Å²) in [4.78, 5) is 15.0. The van der Waals surface area contributed by atoms with E-state index in [1.54, 1.807) is 7.11 Å². The molecule has 1 N–H and O–H groups in total. The van der Waals surface area contributed by atoms with E-state index in [2.05, 4.69) is 41.4 Å². The maximum absolute atomic E-state index is 12.5. The molecule has 1 atom stereocenters. The molecule has 0 saturated carbocycles. The van der Waals surface area contributed by atoms with Gasteiger partial charge < -0.3 is 10.1 Å². The number of carbonyl (C=O) groups is 1. The van der Waals surface area contributed by atoms with Crippen LogP contribution in [0, 0.1) is 0 Å². The Hall–Kier alpha value is -2.17. The van der Waals surface area contributed by atoms with Gasteiger partial charge in [-0.1, -0.05) is 43.3 Å². The third-order valence-corrected chi connectivity index (χ3v) is 5.15. The zero-order valence-electron chi connectivity index (χ0n) is 15.7. The van der Waals surface area contributed by atoms with Gasteiger partial charge in [-0.3, -0.25) is 9.69 Å². The van der Waals surface area contributed by atoms with Gasteiger partial charge in [-0.25, -0.2) is 0 Å². The van der Waals surface area contributed by atoms with Crippen LogP contribution in [0.4, 0.5) is 0 Å². The first-order valence-electron chi connectivity index (χ1n) is 9.38. The summed E-state index contributed by atoms with van der Waals surface area (Å²) in [7, 11) is 1.66. The van der Waals surface area contributed by atoms with Crippen molar-refractivity contribution in [1.82, 2.24) is 10.2 Å². The number of ether oxygens (including phenoxy) is 1. The van der Waals surface area contributed by atoms with Crippen molar-refractivity contribution in [2.24, 2.45) is 0 Å². The van der Waals surface area contributed by atoms with Crippen LogP contribution in [0.2, 0.25) is 0 Å². The smallest absolute Gasteiger partial charge is 0.251 e. The number of methoxy groups -OCH3 is 1. The SMILES string of the molecule is CCC(CNC(=O)c1cccc(COC)c1)N1CCc2ccccc2C1. The van der Waals surface area contributed by atoms with Crippen molar-refractivity contribution in [2.75, 3.05) is 20.2 Å². The molecule has 1 aliphatic heterocycles. The van der Waals surface area contributed by atoms with Crippen molar-refractivity contribution >= 4 is 5.91 Å². The fourth-order valence-corrected chi connectivity index (χ4v) is 3.64. The maximum atomic E-state index is 12.5. The molecule has 1 aliphatic rings. The molecule has 0 fully saturated rings. The average molecular weight is 352 g/mol. The van der Waals surface area contributed by atoms with Crippen molar-refractivity contribution in [2.45, 2.75) is 39.0 Å². The van der Waals surface area contributed by atoms with Gasteiger partial charge in [0.1, 0.15) is 0 Å². The van der Waals surface area contributed by atoms with Gasteiger partial charge in [0, 0.05) is 38.3 Å². The van der Waals surface area contributed by atoms with Gasteiger partial charge in [0.2, 0.25) is 0 Å². The third kappa shape index (κ3) is 4.51. The molecule has 0 spiro atoms. The minimum atomic E-state index is -0.0150. The van der Waals surface area contributed by atoms with E-state index in [9.17, 15) is 4.79 Å². The predicted molar refractivity (Wildman–Crippen MR) is 104 cm³/mol. The highest BCUT2D eigenvalue weighted by Crippen LogP contribution is 2.21. The van der Waals surface area contributed by atoms with E-state index in [1.165, 1.54) is 11.1 Å². The maximum Gasteiger partial charge on any atom is 0.251 e. The topological polar surface area (TPSA) is 41.6 Å². The summed E-state index contributed by atoms with van der Waals surface area (Å²) in [6.07, 6.45) is 2.10. The molecule has 26 heavy (non-hydrogen) atoms. The lowest BCUT2D eigenvalue weighted by Crippen LogP contribution is -2.45. The molecule has 0 bridgehead atoms. The fraction of sp³-hybridized carbons (Fsp3) is 0.409. The third-order valence-electron chi connectivity index (χ3n) is 5.15. The number of hydrogen-bond acceptors (Lipinski definition) is 3. The van der Waals surface area contributed by atoms with Crippen LogP contribution in [-0.2, 0) is 24.3 Å². The van der Waals surface area contributed by atoms with E-state index in [4.69, 9.17) is 4.74 Å². The lowest BCUT2D eigenvalue weighted by atomic mass is 9.98. The van der Waals surface area contributed by atoms with Crippen LogP contribution >= 0.6 is 0 Å². The summed E-state index contributed by atoms with van der Waals surface area (Å²) in [5.74, 6) is -0.0150. The zero-order valence-corrected chi connectivity index (χ0v) is 15.7. The van der Waals surface area contributed by atoms with Crippen LogP contribution in [0.5, 0.6) is 0 Å². The first-order chi connectivity index (χ1) is 12.7. The number of nitrogens with zero attached hydrogens (tertiary/aromatic N) is 1. The van der Waals surface area contributed by atoms with Gasteiger partial charge in [-0.2, -0.15) is 0 Å². The summed E-state index contributed by atoms with van der Waals surface area (Å²) >= 11 is 0. The summed E-state index contributed by atoms with van der Waals surface area (Å²) in [6.45, 7) is 5.40. The molecule has 1 amide bonds. The molecule has 0 aliphatic carbocycles. The number of amides is 1. The molecule has 0 saturated heterocycles. The quantitative estimate of drug-likeness (QED) is 0.830. The monoisotopic (exact) mass is 352 g/mol. The number of nitrogens with one attached hydrogen (secondary N) is 1. The Balaban J connectivity index is 1.59. The molecule has 2 aromatic rings. The number of hydrogen-bond donors (Lipinski definition) is 1. The molecule has 2 aromatic carbocycles. The average Bonchev–Trinajstić information content (AvgIpc) is 2.68. The summed E-state index contributed by atoms with van der Waals surface area (Å²) in [6, 6.07) is 16.7. The van der Waals surface area contributed by atoms with Crippen LogP contribution < -0.4 is 5.32 Å². The Morgan fingerprint density at radius 2 is 2.00 bits per heavy atom. The van der Waals surface area contributed by atoms with Gasteiger partial charge in [0.25, 0.3) is 5.91 Å². The minimum Gasteiger partial charge on any atom is -0.380 e. The van der Waals surface area contributed by atoms with Gasteiger partial charge in [-0.05, 0) is 41.7 Å². The molecule has 4 nitrogen and oxygen atoms in total. The largest absolute Gasteiger partial charge is 0.380 e. The van der Waals surface area contributed by atoms with Crippen LogP contribution in [0.3, 0.4) is 0 Å². The standard InChI is InChI=1S/C22H28N2O2/c1-3-21(24-12-11-18-8-4-5-9-20(18)15-24)14-23-22(25)19-10-6-7-17(13-19)16-26-2/h4-10,13,21H,3,11-12,14-16H2,1-2H3,(H,23,25). The van der Waals surface area contributed by atoms with Gasteiger partial charge in [0.15, 0.2) is 0 Å². The lowest BCUT2D eigenvalue weighted by Gasteiger charge is -2.35. The Morgan fingerprint density at radius 1 is 1.19 bits per heavy atom. The molecule has 138 valence electrons. The first kappa shape index (κ1) is 18.6. The van der Waals surface area contributed by atoms with Crippen molar-refractivity contribution in [3.8, 4) is 0 Å². The van der Waals surface area contributed by atoms with E-state index >= 15 is 0 Å². The number of fused-ring (bicyclic) bond motifs is 1. The van der Waals surface area contributed by atoms with Crippen LogP contribution in [0.15, 0.2) is 48.5 Å². The van der Waals surface area contributed by atoms with E-state index in [1.807, 2.05) is 24.3 Å². The second-order valence-electron chi connectivity index (χ2n) is 6.89. The second kappa shape index (κ2) is 8.97. The summed E-state index contributed by atoms with van der Waals surface area (Å²) in [5, 5.41) is 3.12. The number of carbonyl (C=O) groups excluding carboxylic acids is 1. The van der Waals surface area contributed by atoms with E-state index in [-0.39, 0.29) is 5.91 Å². The predicted octanol–water partition coefficient (Wildman–Crippen LogP) is 3.40. The Bertz CT molecular complexity index is 744. The molecule has 3 rings (SSSR count). The first-order valence-corrected chi connectivity index (χ1v) is 9.38. The van der Waals surface area contributed by atoms with Crippen molar-refractivity contribution < 1.29 is 9.53 Å². The fourth-order valence-electron chi connectivity index (χ4n) is 3.64.